The van der Waals surface area contributed by atoms with E-state index < -0.39 is 26.0 Å². The molecular formula is C20H29NO4SSi. The fourth-order valence-corrected chi connectivity index (χ4v) is 4.54. The summed E-state index contributed by atoms with van der Waals surface area (Å²) in [4.78, 5) is 39.5. The van der Waals surface area contributed by atoms with Crippen molar-refractivity contribution in [1.82, 2.24) is 4.90 Å². The third-order valence-corrected chi connectivity index (χ3v) is 6.48. The van der Waals surface area contributed by atoms with E-state index in [0.29, 0.717) is 24.4 Å². The van der Waals surface area contributed by atoms with Gasteiger partial charge in [-0.05, 0) is 63.5 Å². The molecule has 1 aromatic rings. The van der Waals surface area contributed by atoms with Gasteiger partial charge in [-0.2, -0.15) is 0 Å². The van der Waals surface area contributed by atoms with Crippen LogP contribution in [0.15, 0.2) is 18.2 Å². The van der Waals surface area contributed by atoms with Crippen molar-refractivity contribution in [2.24, 2.45) is 5.92 Å². The van der Waals surface area contributed by atoms with E-state index in [0.717, 1.165) is 11.3 Å². The average molecular weight is 408 g/mol. The third-order valence-electron chi connectivity index (χ3n) is 4.40. The summed E-state index contributed by atoms with van der Waals surface area (Å²) in [6, 6.07) is 3.08. The molecule has 1 saturated heterocycles. The number of rotatable bonds is 8. The van der Waals surface area contributed by atoms with E-state index in [-0.39, 0.29) is 11.7 Å². The summed E-state index contributed by atoms with van der Waals surface area (Å²) in [6.07, 6.45) is 5.44. The third kappa shape index (κ3) is 6.22. The van der Waals surface area contributed by atoms with Gasteiger partial charge < -0.3 is 9.33 Å². The van der Waals surface area contributed by atoms with Gasteiger partial charge in [-0.15, -0.1) is 11.3 Å². The second kappa shape index (κ2) is 9.08. The van der Waals surface area contributed by atoms with Crippen molar-refractivity contribution < 1.29 is 18.8 Å². The SMILES string of the molecule is CC(=O)C1CCCN1C(=O)C(=O)c1ccc(/C=C/C(C)CO[Si](C)(C)C)s1. The molecule has 0 radical (unpaired) electrons. The van der Waals surface area contributed by atoms with Gasteiger partial charge in [0.2, 0.25) is 0 Å². The van der Waals surface area contributed by atoms with Crippen molar-refractivity contribution in [2.75, 3.05) is 13.2 Å². The number of amides is 1. The largest absolute Gasteiger partial charge is 0.417 e. The van der Waals surface area contributed by atoms with Crippen molar-refractivity contribution >= 4 is 43.2 Å². The molecule has 1 amide bonds. The molecular weight excluding hydrogens is 378 g/mol. The van der Waals surface area contributed by atoms with Gasteiger partial charge in [-0.25, -0.2) is 0 Å². The first-order chi connectivity index (χ1) is 12.6. The maximum Gasteiger partial charge on any atom is 0.296 e. The first kappa shape index (κ1) is 21.7. The number of thiophene rings is 1. The number of likely N-dealkylation sites (tertiary alicyclic amines) is 1. The number of ketones is 2. The Morgan fingerprint density at radius 1 is 1.33 bits per heavy atom. The van der Waals surface area contributed by atoms with Crippen LogP contribution in [0, 0.1) is 5.92 Å². The quantitative estimate of drug-likeness (QED) is 0.371. The van der Waals surface area contributed by atoms with Crippen LogP contribution in [0.4, 0.5) is 0 Å². The van der Waals surface area contributed by atoms with Crippen LogP contribution in [-0.2, 0) is 14.0 Å². The maximum absolute atomic E-state index is 12.5. The zero-order valence-electron chi connectivity index (χ0n) is 16.8. The van der Waals surface area contributed by atoms with E-state index in [1.807, 2.05) is 12.1 Å². The van der Waals surface area contributed by atoms with E-state index >= 15 is 0 Å². The molecule has 2 unspecified atom stereocenters. The van der Waals surface area contributed by atoms with E-state index in [9.17, 15) is 14.4 Å². The van der Waals surface area contributed by atoms with Crippen molar-refractivity contribution in [2.45, 2.75) is 52.4 Å². The highest BCUT2D eigenvalue weighted by Gasteiger charge is 2.35. The van der Waals surface area contributed by atoms with E-state index in [1.165, 1.54) is 23.2 Å². The fraction of sp³-hybridized carbons (Fsp3) is 0.550. The minimum absolute atomic E-state index is 0.0574. The Kier molecular flexibility index (Phi) is 7.30. The van der Waals surface area contributed by atoms with Crippen LogP contribution in [0.3, 0.4) is 0 Å². The summed E-state index contributed by atoms with van der Waals surface area (Å²) < 4.78 is 5.90. The van der Waals surface area contributed by atoms with Gasteiger partial charge in [-0.1, -0.05) is 13.0 Å². The highest BCUT2D eigenvalue weighted by molar-refractivity contribution is 7.15. The first-order valence-corrected chi connectivity index (χ1v) is 13.6. The van der Waals surface area contributed by atoms with Gasteiger partial charge in [0, 0.05) is 18.0 Å². The van der Waals surface area contributed by atoms with Gasteiger partial charge in [0.05, 0.1) is 10.9 Å². The van der Waals surface area contributed by atoms with Crippen molar-refractivity contribution in [3.05, 3.63) is 28.0 Å². The second-order valence-electron chi connectivity index (χ2n) is 8.06. The van der Waals surface area contributed by atoms with Crippen LogP contribution >= 0.6 is 11.3 Å². The van der Waals surface area contributed by atoms with Crippen LogP contribution in [0.25, 0.3) is 6.08 Å². The molecule has 2 rings (SSSR count). The molecule has 1 aliphatic heterocycles. The van der Waals surface area contributed by atoms with Crippen molar-refractivity contribution in [1.29, 1.82) is 0 Å². The summed E-state index contributed by atoms with van der Waals surface area (Å²) in [5.41, 5.74) is 0. The molecule has 7 heteroatoms. The molecule has 0 aromatic carbocycles. The fourth-order valence-electron chi connectivity index (χ4n) is 2.93. The Balaban J connectivity index is 1.98. The Morgan fingerprint density at radius 2 is 2.04 bits per heavy atom. The molecule has 2 atom stereocenters. The Labute approximate surface area is 166 Å². The van der Waals surface area contributed by atoms with Crippen LogP contribution in [-0.4, -0.2) is 49.9 Å². The van der Waals surface area contributed by atoms with E-state index in [4.69, 9.17) is 4.43 Å². The molecule has 5 nitrogen and oxygen atoms in total. The molecule has 0 bridgehead atoms. The average Bonchev–Trinajstić information content (AvgIpc) is 3.25. The molecule has 27 heavy (non-hydrogen) atoms. The first-order valence-electron chi connectivity index (χ1n) is 9.36. The van der Waals surface area contributed by atoms with Gasteiger partial charge in [0.1, 0.15) is 0 Å². The molecule has 0 aliphatic carbocycles. The number of hydrogen-bond donors (Lipinski definition) is 0. The lowest BCUT2D eigenvalue weighted by Gasteiger charge is -2.21. The van der Waals surface area contributed by atoms with Crippen molar-refractivity contribution in [3.8, 4) is 0 Å². The zero-order valence-corrected chi connectivity index (χ0v) is 18.6. The zero-order chi connectivity index (χ0) is 20.2. The highest BCUT2D eigenvalue weighted by Crippen LogP contribution is 2.23. The van der Waals surface area contributed by atoms with Gasteiger partial charge >= 0.3 is 0 Å². The number of hydrogen-bond acceptors (Lipinski definition) is 5. The smallest absolute Gasteiger partial charge is 0.296 e. The number of carbonyl (C=O) groups excluding carboxylic acids is 3. The molecule has 2 heterocycles. The van der Waals surface area contributed by atoms with Crippen LogP contribution in [0.2, 0.25) is 19.6 Å². The minimum Gasteiger partial charge on any atom is -0.417 e. The number of Topliss-reactive ketones (excluding diaryl/α,β-unsaturated/α-hetero) is 2. The van der Waals surface area contributed by atoms with Crippen LogP contribution in [0.1, 0.15) is 41.2 Å². The van der Waals surface area contributed by atoms with Gasteiger partial charge in [-0.3, -0.25) is 14.4 Å². The Bertz CT molecular complexity index is 735. The Hall–Kier alpha value is -1.57. The molecule has 148 valence electrons. The summed E-state index contributed by atoms with van der Waals surface area (Å²) in [6.45, 7) is 11.2. The normalized spacial score (nSPS) is 18.9. The second-order valence-corrected chi connectivity index (χ2v) is 13.7. The lowest BCUT2D eigenvalue weighted by atomic mass is 10.1. The molecule has 0 saturated carbocycles. The number of carbonyl (C=O) groups is 3. The predicted molar refractivity (Wildman–Crippen MR) is 112 cm³/mol. The summed E-state index contributed by atoms with van der Waals surface area (Å²) >= 11 is 1.30. The summed E-state index contributed by atoms with van der Waals surface area (Å²) in [5.74, 6) is -0.872. The minimum atomic E-state index is -1.52. The molecule has 1 aromatic heterocycles. The van der Waals surface area contributed by atoms with Crippen molar-refractivity contribution in [3.63, 3.8) is 0 Å². The Morgan fingerprint density at radius 3 is 2.67 bits per heavy atom. The topological polar surface area (TPSA) is 63.7 Å². The lowest BCUT2D eigenvalue weighted by molar-refractivity contribution is -0.133. The predicted octanol–water partition coefficient (Wildman–Crippen LogP) is 4.01. The highest BCUT2D eigenvalue weighted by atomic mass is 32.1. The standard InChI is InChI=1S/C20H29NO4SSi/c1-14(13-25-27(3,4)5)8-9-16-10-11-18(26-16)19(23)20(24)21-12-6-7-17(21)15(2)22/h8-11,14,17H,6-7,12-13H2,1-5H3/b9-8+. The van der Waals surface area contributed by atoms with E-state index in [1.54, 1.807) is 6.07 Å². The van der Waals surface area contributed by atoms with Crippen LogP contribution < -0.4 is 0 Å². The molecule has 1 aliphatic rings. The number of nitrogens with zero attached hydrogens (tertiary/aromatic N) is 1. The monoisotopic (exact) mass is 407 g/mol. The molecule has 0 N–H and O–H groups in total. The molecule has 0 spiro atoms. The lowest BCUT2D eigenvalue weighted by Crippen LogP contribution is -2.43. The van der Waals surface area contributed by atoms with Gasteiger partial charge in [0.25, 0.3) is 11.7 Å². The maximum atomic E-state index is 12.5. The van der Waals surface area contributed by atoms with E-state index in [2.05, 4.69) is 32.6 Å². The summed E-state index contributed by atoms with van der Waals surface area (Å²) in [5, 5.41) is 0. The summed E-state index contributed by atoms with van der Waals surface area (Å²) in [7, 11) is -1.52. The van der Waals surface area contributed by atoms with Crippen LogP contribution in [0.5, 0.6) is 0 Å². The molecule has 1 fully saturated rings. The van der Waals surface area contributed by atoms with Gasteiger partial charge in [0.15, 0.2) is 14.1 Å².